The lowest BCUT2D eigenvalue weighted by atomic mass is 9.80. The van der Waals surface area contributed by atoms with E-state index >= 15 is 0 Å². The Balaban J connectivity index is 0.00000136. The van der Waals surface area contributed by atoms with Gasteiger partial charge < -0.3 is 58.6 Å². The number of aldehydes is 1. The zero-order valence-electron chi connectivity index (χ0n) is 44.4. The van der Waals surface area contributed by atoms with E-state index in [2.05, 4.69) is 29.5 Å². The molecule has 1 fully saturated rings. The molecule has 0 aromatic heterocycles. The van der Waals surface area contributed by atoms with Gasteiger partial charge in [0.15, 0.2) is 0 Å². The van der Waals surface area contributed by atoms with Crippen LogP contribution in [0.15, 0.2) is 78.9 Å². The highest BCUT2D eigenvalue weighted by Crippen LogP contribution is 2.41. The van der Waals surface area contributed by atoms with Crippen molar-refractivity contribution >= 4 is 18.1 Å². The lowest BCUT2D eigenvalue weighted by Gasteiger charge is -2.37. The second-order valence-corrected chi connectivity index (χ2v) is 18.6. The van der Waals surface area contributed by atoms with Crippen molar-refractivity contribution in [3.8, 4) is 11.5 Å². The summed E-state index contributed by atoms with van der Waals surface area (Å²) in [4.78, 5) is 39.5. The lowest BCUT2D eigenvalue weighted by Crippen LogP contribution is -2.43. The Hall–Kier alpha value is -4.41. The van der Waals surface area contributed by atoms with Crippen molar-refractivity contribution in [1.29, 1.82) is 0 Å². The highest BCUT2D eigenvalue weighted by molar-refractivity contribution is 5.79. The third-order valence-electron chi connectivity index (χ3n) is 12.9. The highest BCUT2D eigenvalue weighted by Gasteiger charge is 2.38. The third kappa shape index (κ3) is 26.0. The molecule has 1 saturated heterocycles. The smallest absolute Gasteiger partial charge is 0.222 e. The molecule has 1 atom stereocenters. The first-order chi connectivity index (χ1) is 35.3. The number of hydrogen-bond acceptors (Lipinski definition) is 12. The van der Waals surface area contributed by atoms with Gasteiger partial charge in [-0.3, -0.25) is 9.59 Å². The van der Waals surface area contributed by atoms with Crippen molar-refractivity contribution in [2.75, 3.05) is 107 Å². The first kappa shape index (κ1) is 61.9. The molecule has 0 radical (unpaired) electrons. The van der Waals surface area contributed by atoms with Crippen LogP contribution < -0.4 is 20.1 Å². The molecule has 14 heteroatoms. The Kier molecular flexibility index (Phi) is 34.4. The summed E-state index contributed by atoms with van der Waals surface area (Å²) < 4.78 is 39.9. The molecule has 0 bridgehead atoms. The molecule has 2 amide bonds. The summed E-state index contributed by atoms with van der Waals surface area (Å²) >= 11 is 0. The molecule has 0 saturated carbocycles. The van der Waals surface area contributed by atoms with E-state index in [1.165, 1.54) is 83.5 Å². The van der Waals surface area contributed by atoms with Gasteiger partial charge in [-0.15, -0.1) is 0 Å². The molecule has 1 unspecified atom stereocenters. The molecule has 0 spiro atoms. The fraction of sp³-hybridized carbons (Fsp3) is 0.638. The number of methoxy groups -OCH3 is 2. The van der Waals surface area contributed by atoms with E-state index in [0.717, 1.165) is 42.6 Å². The average molecular weight is 1010 g/mol. The lowest BCUT2D eigenvalue weighted by molar-refractivity contribution is -0.126. The molecule has 404 valence electrons. The summed E-state index contributed by atoms with van der Waals surface area (Å²) in [6.45, 7) is 8.34. The van der Waals surface area contributed by atoms with Gasteiger partial charge in [0.05, 0.1) is 73.7 Å². The van der Waals surface area contributed by atoms with Crippen LogP contribution in [0, 0.1) is 5.92 Å². The number of nitrogens with zero attached hydrogens (tertiary/aromatic N) is 1. The van der Waals surface area contributed by atoms with E-state index in [0.29, 0.717) is 89.5 Å². The largest absolute Gasteiger partial charge is 0.497 e. The zero-order chi connectivity index (χ0) is 51.8. The van der Waals surface area contributed by atoms with Crippen LogP contribution >= 0.6 is 0 Å². The number of unbranched alkanes of at least 4 members (excludes halogenated alkanes) is 12. The molecule has 72 heavy (non-hydrogen) atoms. The fourth-order valence-electron chi connectivity index (χ4n) is 8.51. The van der Waals surface area contributed by atoms with E-state index in [9.17, 15) is 14.4 Å². The van der Waals surface area contributed by atoms with E-state index < -0.39 is 11.6 Å². The standard InChI is InChI=1S/C51H76N2O10.C7H15NO/c1-4-5-6-7-8-9-10-11-12-13-14-15-19-22-49(55)52-32-34-60-36-38-62-40-39-61-37-35-59-33-31-50(56)53-46(41-54)42-63-51(43-20-17-16-18-21-43,44-23-27-47(57-2)28-24-44)45-25-29-48(58-3)30-26-45;1-8-4-2-7(6-9)3-5-8/h16-18,20-21,23-30,41,46H,4-15,19,22,31-40,42H2,1-3H3,(H,52,55)(H,53,56);7,9H,2-6H2,1H3. The number of aliphatic hydroxyl groups is 1. The first-order valence-corrected chi connectivity index (χ1v) is 26.9. The van der Waals surface area contributed by atoms with Gasteiger partial charge in [-0.25, -0.2) is 0 Å². The Morgan fingerprint density at radius 1 is 0.625 bits per heavy atom. The summed E-state index contributed by atoms with van der Waals surface area (Å²) in [5, 5.41) is 14.5. The van der Waals surface area contributed by atoms with Crippen LogP contribution in [0.3, 0.4) is 0 Å². The van der Waals surface area contributed by atoms with Crippen LogP contribution in [0.5, 0.6) is 11.5 Å². The van der Waals surface area contributed by atoms with Crippen molar-refractivity contribution in [2.24, 2.45) is 5.92 Å². The van der Waals surface area contributed by atoms with Crippen molar-refractivity contribution in [3.63, 3.8) is 0 Å². The molecule has 14 nitrogen and oxygen atoms in total. The summed E-state index contributed by atoms with van der Waals surface area (Å²) in [5.41, 5.74) is 1.35. The molecular weight excluding hydrogens is 915 g/mol. The number of carbonyl (C=O) groups excluding carboxylic acids is 3. The van der Waals surface area contributed by atoms with E-state index in [1.54, 1.807) is 14.2 Å². The molecule has 3 N–H and O–H groups in total. The van der Waals surface area contributed by atoms with Crippen molar-refractivity contribution < 1.29 is 52.6 Å². The quantitative estimate of drug-likeness (QED) is 0.0282. The maximum Gasteiger partial charge on any atom is 0.222 e. The minimum Gasteiger partial charge on any atom is -0.497 e. The summed E-state index contributed by atoms with van der Waals surface area (Å²) in [6, 6.07) is 24.0. The Labute approximate surface area is 432 Å². The normalized spacial score (nSPS) is 13.5. The Morgan fingerprint density at radius 2 is 1.08 bits per heavy atom. The molecule has 1 aliphatic rings. The van der Waals surface area contributed by atoms with Gasteiger partial charge >= 0.3 is 0 Å². The van der Waals surface area contributed by atoms with Gasteiger partial charge in [-0.05, 0) is 86.3 Å². The molecule has 4 rings (SSSR count). The average Bonchev–Trinajstić information content (AvgIpc) is 3.41. The van der Waals surface area contributed by atoms with E-state index in [4.69, 9.17) is 38.3 Å². The Bertz CT molecular complexity index is 1750. The monoisotopic (exact) mass is 1010 g/mol. The van der Waals surface area contributed by atoms with Crippen LogP contribution in [0.2, 0.25) is 0 Å². The van der Waals surface area contributed by atoms with Gasteiger partial charge in [0.2, 0.25) is 11.8 Å². The number of ether oxygens (including phenoxy) is 7. The fourth-order valence-corrected chi connectivity index (χ4v) is 8.51. The maximum atomic E-state index is 12.8. The number of likely N-dealkylation sites (tertiary alicyclic amines) is 1. The van der Waals surface area contributed by atoms with Gasteiger partial charge in [-0.2, -0.15) is 0 Å². The van der Waals surface area contributed by atoms with E-state index in [1.807, 2.05) is 78.9 Å². The third-order valence-corrected chi connectivity index (χ3v) is 12.9. The van der Waals surface area contributed by atoms with Crippen molar-refractivity contribution in [1.82, 2.24) is 15.5 Å². The molecule has 3 aromatic carbocycles. The van der Waals surface area contributed by atoms with Gasteiger partial charge in [-0.1, -0.05) is 139 Å². The van der Waals surface area contributed by atoms with Crippen LogP contribution in [0.25, 0.3) is 0 Å². The number of carbonyl (C=O) groups is 3. The highest BCUT2D eigenvalue weighted by atomic mass is 16.6. The number of piperidine rings is 1. The molecule has 3 aromatic rings. The maximum absolute atomic E-state index is 12.8. The first-order valence-electron chi connectivity index (χ1n) is 26.9. The number of rotatable bonds is 40. The molecule has 1 heterocycles. The van der Waals surface area contributed by atoms with E-state index in [-0.39, 0.29) is 31.4 Å². The number of benzene rings is 3. The summed E-state index contributed by atoms with van der Waals surface area (Å²) in [5.74, 6) is 1.73. The second kappa shape index (κ2) is 40.0. The predicted octanol–water partition coefficient (Wildman–Crippen LogP) is 9.07. The minimum atomic E-state index is -1.13. The van der Waals surface area contributed by atoms with Crippen molar-refractivity contribution in [2.45, 2.75) is 128 Å². The van der Waals surface area contributed by atoms with Crippen LogP contribution in [0.1, 0.15) is 133 Å². The van der Waals surface area contributed by atoms with Crippen LogP contribution in [0.4, 0.5) is 0 Å². The number of amides is 2. The SMILES string of the molecule is CCCCCCCCCCCCCCCC(=O)NCCOCCOCCOCCOCCC(=O)NC(C=O)COC(c1ccccc1)(c1ccc(OC)cc1)c1ccc(OC)cc1.CN1CCC(CO)CC1. The molecular formula is C58H91N3O11. The summed E-state index contributed by atoms with van der Waals surface area (Å²) in [6.07, 6.45) is 20.5. The van der Waals surface area contributed by atoms with Crippen LogP contribution in [-0.4, -0.2) is 141 Å². The molecule has 0 aliphatic carbocycles. The Morgan fingerprint density at radius 3 is 1.56 bits per heavy atom. The number of nitrogens with one attached hydrogen (secondary N) is 2. The van der Waals surface area contributed by atoms with Gasteiger partial charge in [0.25, 0.3) is 0 Å². The summed E-state index contributed by atoms with van der Waals surface area (Å²) in [7, 11) is 5.35. The molecule has 1 aliphatic heterocycles. The van der Waals surface area contributed by atoms with Crippen LogP contribution in [-0.2, 0) is 43.7 Å². The zero-order valence-corrected chi connectivity index (χ0v) is 44.4. The second-order valence-electron chi connectivity index (χ2n) is 18.6. The number of aliphatic hydroxyl groups excluding tert-OH is 1. The van der Waals surface area contributed by atoms with Crippen molar-refractivity contribution in [3.05, 3.63) is 95.6 Å². The van der Waals surface area contributed by atoms with Gasteiger partial charge in [0, 0.05) is 26.0 Å². The predicted molar refractivity (Wildman–Crippen MR) is 285 cm³/mol. The number of hydrogen-bond donors (Lipinski definition) is 3. The van der Waals surface area contributed by atoms with Gasteiger partial charge in [0.1, 0.15) is 29.4 Å². The minimum absolute atomic E-state index is 0.0669. The topological polar surface area (TPSA) is 163 Å².